The van der Waals surface area contributed by atoms with Gasteiger partial charge in [0, 0.05) is 23.3 Å². The van der Waals surface area contributed by atoms with Crippen LogP contribution in [0, 0.1) is 0 Å². The fraction of sp³-hybridized carbons (Fsp3) is 0.400. The van der Waals surface area contributed by atoms with Crippen LogP contribution in [0.5, 0.6) is 0 Å². The van der Waals surface area contributed by atoms with Crippen molar-refractivity contribution in [3.8, 4) is 0 Å². The Morgan fingerprint density at radius 3 is 2.93 bits per heavy atom. The third-order valence-corrected chi connectivity index (χ3v) is 5.99. The highest BCUT2D eigenvalue weighted by molar-refractivity contribution is 6.33. The molecule has 7 heteroatoms. The van der Waals surface area contributed by atoms with E-state index in [1.54, 1.807) is 10.9 Å². The SMILES string of the molecule is CC[C@@H]1CCCN1C(=O)C1=C(C)Nc2c(Cl)cnn2C1c1cccc(Cl)c1. The van der Waals surface area contributed by atoms with Crippen molar-refractivity contribution >= 4 is 34.9 Å². The van der Waals surface area contributed by atoms with E-state index in [-0.39, 0.29) is 11.9 Å². The van der Waals surface area contributed by atoms with Crippen molar-refractivity contribution in [1.82, 2.24) is 14.7 Å². The van der Waals surface area contributed by atoms with E-state index in [9.17, 15) is 4.79 Å². The number of aromatic nitrogens is 2. The molecule has 4 rings (SSSR count). The van der Waals surface area contributed by atoms with Crippen molar-refractivity contribution in [2.24, 2.45) is 0 Å². The Bertz CT molecular complexity index is 920. The van der Waals surface area contributed by atoms with Crippen LogP contribution in [0.2, 0.25) is 10.0 Å². The topological polar surface area (TPSA) is 50.2 Å². The first-order valence-corrected chi connectivity index (χ1v) is 10.0. The Balaban J connectivity index is 1.84. The van der Waals surface area contributed by atoms with Gasteiger partial charge < -0.3 is 10.2 Å². The van der Waals surface area contributed by atoms with Crippen molar-refractivity contribution in [3.63, 3.8) is 0 Å². The number of benzene rings is 1. The van der Waals surface area contributed by atoms with Crippen molar-refractivity contribution in [2.45, 2.75) is 45.2 Å². The van der Waals surface area contributed by atoms with Crippen LogP contribution in [-0.2, 0) is 4.79 Å². The largest absolute Gasteiger partial charge is 0.342 e. The van der Waals surface area contributed by atoms with Crippen LogP contribution < -0.4 is 5.32 Å². The van der Waals surface area contributed by atoms with Crippen LogP contribution in [0.3, 0.4) is 0 Å². The predicted octanol–water partition coefficient (Wildman–Crippen LogP) is 4.88. The number of anilines is 1. The van der Waals surface area contributed by atoms with Gasteiger partial charge in [0.1, 0.15) is 16.9 Å². The van der Waals surface area contributed by atoms with Gasteiger partial charge in [-0.15, -0.1) is 0 Å². The van der Waals surface area contributed by atoms with Gasteiger partial charge in [0.05, 0.1) is 11.8 Å². The minimum atomic E-state index is -0.363. The van der Waals surface area contributed by atoms with E-state index < -0.39 is 0 Å². The number of allylic oxidation sites excluding steroid dienone is 1. The van der Waals surface area contributed by atoms with Gasteiger partial charge in [-0.3, -0.25) is 4.79 Å². The standard InChI is InChI=1S/C20H22Cl2N4O/c1-3-15-8-5-9-25(15)20(27)17-12(2)24-19-16(22)11-23-26(19)18(17)13-6-4-7-14(21)10-13/h4,6-7,10-11,15,18,24H,3,5,8-9H2,1-2H3/t15-,18?/m1/s1. The smallest absolute Gasteiger partial charge is 0.254 e. The molecule has 142 valence electrons. The number of nitrogens with one attached hydrogen (secondary N) is 1. The monoisotopic (exact) mass is 404 g/mol. The molecule has 1 saturated heterocycles. The molecule has 5 nitrogen and oxygen atoms in total. The number of nitrogens with zero attached hydrogens (tertiary/aromatic N) is 3. The third kappa shape index (κ3) is 3.13. The Labute approximate surface area is 168 Å². The van der Waals surface area contributed by atoms with Crippen LogP contribution in [0.4, 0.5) is 5.82 Å². The first-order chi connectivity index (χ1) is 13.0. The number of rotatable bonds is 3. The molecule has 1 aromatic heterocycles. The second kappa shape index (κ2) is 7.21. The second-order valence-corrected chi connectivity index (χ2v) is 7.95. The summed E-state index contributed by atoms with van der Waals surface area (Å²) < 4.78 is 1.78. The predicted molar refractivity (Wildman–Crippen MR) is 108 cm³/mol. The van der Waals surface area contributed by atoms with E-state index in [0.717, 1.165) is 37.1 Å². The lowest BCUT2D eigenvalue weighted by Gasteiger charge is -2.33. The molecule has 2 atom stereocenters. The normalized spacial score (nSPS) is 22.0. The van der Waals surface area contributed by atoms with Crippen LogP contribution in [0.25, 0.3) is 0 Å². The lowest BCUT2D eigenvalue weighted by atomic mass is 9.94. The summed E-state index contributed by atoms with van der Waals surface area (Å²) in [5.41, 5.74) is 2.42. The van der Waals surface area contributed by atoms with Gasteiger partial charge in [-0.25, -0.2) is 4.68 Å². The fourth-order valence-corrected chi connectivity index (χ4v) is 4.55. The summed E-state index contributed by atoms with van der Waals surface area (Å²) in [5.74, 6) is 0.760. The Kier molecular flexibility index (Phi) is 4.91. The first kappa shape index (κ1) is 18.4. The van der Waals surface area contributed by atoms with Crippen LogP contribution in [0.1, 0.15) is 44.7 Å². The van der Waals surface area contributed by atoms with Gasteiger partial charge in [0.15, 0.2) is 0 Å². The summed E-state index contributed by atoms with van der Waals surface area (Å²) in [5, 5.41) is 8.88. The highest BCUT2D eigenvalue weighted by Gasteiger charge is 2.38. The van der Waals surface area contributed by atoms with E-state index >= 15 is 0 Å². The number of carbonyl (C=O) groups excluding carboxylic acids is 1. The molecule has 0 saturated carbocycles. The molecule has 2 aliphatic rings. The van der Waals surface area contributed by atoms with E-state index in [1.165, 1.54) is 0 Å². The highest BCUT2D eigenvalue weighted by Crippen LogP contribution is 2.40. The molecule has 0 spiro atoms. The quantitative estimate of drug-likeness (QED) is 0.792. The molecule has 1 fully saturated rings. The van der Waals surface area contributed by atoms with Crippen LogP contribution in [0.15, 0.2) is 41.7 Å². The number of hydrogen-bond acceptors (Lipinski definition) is 3. The number of fused-ring (bicyclic) bond motifs is 1. The maximum absolute atomic E-state index is 13.6. The second-order valence-electron chi connectivity index (χ2n) is 7.11. The molecule has 1 amide bonds. The molecular weight excluding hydrogens is 383 g/mol. The molecule has 2 aromatic rings. The van der Waals surface area contributed by atoms with Gasteiger partial charge >= 0.3 is 0 Å². The summed E-state index contributed by atoms with van der Waals surface area (Å²) in [6.45, 7) is 4.86. The minimum Gasteiger partial charge on any atom is -0.342 e. The van der Waals surface area contributed by atoms with Gasteiger partial charge in [-0.05, 0) is 43.9 Å². The highest BCUT2D eigenvalue weighted by atomic mass is 35.5. The summed E-state index contributed by atoms with van der Waals surface area (Å²) in [4.78, 5) is 15.6. The molecule has 0 radical (unpaired) electrons. The Morgan fingerprint density at radius 1 is 1.37 bits per heavy atom. The van der Waals surface area contributed by atoms with E-state index in [0.29, 0.717) is 27.5 Å². The third-order valence-electron chi connectivity index (χ3n) is 5.48. The fourth-order valence-electron chi connectivity index (χ4n) is 4.17. The average Bonchev–Trinajstić information content (AvgIpc) is 3.27. The zero-order valence-electron chi connectivity index (χ0n) is 15.4. The molecule has 1 aromatic carbocycles. The maximum Gasteiger partial charge on any atom is 0.254 e. The molecule has 0 aliphatic carbocycles. The zero-order chi connectivity index (χ0) is 19.1. The first-order valence-electron chi connectivity index (χ1n) is 9.28. The van der Waals surface area contributed by atoms with E-state index in [1.807, 2.05) is 36.1 Å². The van der Waals surface area contributed by atoms with Gasteiger partial charge in [0.2, 0.25) is 0 Å². The number of halogens is 2. The average molecular weight is 405 g/mol. The minimum absolute atomic E-state index is 0.0617. The molecule has 3 heterocycles. The Hall–Kier alpha value is -1.98. The van der Waals surface area contributed by atoms with Gasteiger partial charge in [-0.1, -0.05) is 42.3 Å². The number of hydrogen-bond donors (Lipinski definition) is 1. The van der Waals surface area contributed by atoms with Gasteiger partial charge in [0.25, 0.3) is 5.91 Å². The number of amides is 1. The Morgan fingerprint density at radius 2 is 2.19 bits per heavy atom. The number of likely N-dealkylation sites (tertiary alicyclic amines) is 1. The van der Waals surface area contributed by atoms with Gasteiger partial charge in [-0.2, -0.15) is 5.10 Å². The zero-order valence-corrected chi connectivity index (χ0v) is 16.9. The summed E-state index contributed by atoms with van der Waals surface area (Å²) in [7, 11) is 0. The molecule has 1 unspecified atom stereocenters. The molecule has 2 aliphatic heterocycles. The van der Waals surface area contributed by atoms with Crippen molar-refractivity contribution in [3.05, 3.63) is 57.3 Å². The van der Waals surface area contributed by atoms with Crippen molar-refractivity contribution < 1.29 is 4.79 Å². The summed E-state index contributed by atoms with van der Waals surface area (Å²) in [6, 6.07) is 7.52. The summed E-state index contributed by atoms with van der Waals surface area (Å²) >= 11 is 12.6. The number of carbonyl (C=O) groups is 1. The lowest BCUT2D eigenvalue weighted by molar-refractivity contribution is -0.128. The maximum atomic E-state index is 13.6. The van der Waals surface area contributed by atoms with E-state index in [4.69, 9.17) is 23.2 Å². The molecular formula is C20H22Cl2N4O. The molecule has 27 heavy (non-hydrogen) atoms. The molecule has 0 bridgehead atoms. The van der Waals surface area contributed by atoms with Crippen LogP contribution in [-0.4, -0.2) is 33.2 Å². The molecule has 1 N–H and O–H groups in total. The lowest BCUT2D eigenvalue weighted by Crippen LogP contribution is -2.40. The van der Waals surface area contributed by atoms with Crippen molar-refractivity contribution in [2.75, 3.05) is 11.9 Å². The van der Waals surface area contributed by atoms with Crippen molar-refractivity contribution in [1.29, 1.82) is 0 Å². The van der Waals surface area contributed by atoms with Crippen LogP contribution >= 0.6 is 23.2 Å². The van der Waals surface area contributed by atoms with E-state index in [2.05, 4.69) is 17.3 Å². The summed E-state index contributed by atoms with van der Waals surface area (Å²) in [6.07, 6.45) is 4.67.